The molecule has 1 heterocycles. The maximum atomic E-state index is 14.5. The van der Waals surface area contributed by atoms with E-state index in [4.69, 9.17) is 9.72 Å². The molecule has 0 saturated heterocycles. The van der Waals surface area contributed by atoms with Crippen LogP contribution in [0.4, 0.5) is 0 Å². The molecule has 3 aromatic rings. The molecule has 1 aromatic heterocycles. The van der Waals surface area contributed by atoms with Crippen LogP contribution in [0.1, 0.15) is 63.5 Å². The van der Waals surface area contributed by atoms with Gasteiger partial charge in [-0.3, -0.25) is 14.2 Å². The molecule has 2 aromatic carbocycles. The highest BCUT2D eigenvalue weighted by Gasteiger charge is 2.44. The molecule has 5 rings (SSSR count). The topological polar surface area (TPSA) is 64.4 Å². The molecule has 0 atom stereocenters. The van der Waals surface area contributed by atoms with Crippen molar-refractivity contribution in [3.8, 4) is 22.7 Å². The normalized spacial score (nSPS) is 15.2. The number of thioether (sulfide) groups is 1. The van der Waals surface area contributed by atoms with Gasteiger partial charge in [-0.2, -0.15) is 0 Å². The van der Waals surface area contributed by atoms with Gasteiger partial charge in [0.25, 0.3) is 5.56 Å². The third-order valence-corrected chi connectivity index (χ3v) is 8.86. The summed E-state index contributed by atoms with van der Waals surface area (Å²) >= 11 is 1.36. The number of rotatable bonds is 9. The van der Waals surface area contributed by atoms with Crippen molar-refractivity contribution in [1.29, 1.82) is 0 Å². The first-order valence-corrected chi connectivity index (χ1v) is 14.8. The number of carbonyl (C=O) groups is 1. The molecular formula is C31H37N3O3S. The summed E-state index contributed by atoms with van der Waals surface area (Å²) in [5.41, 5.74) is 4.51. The molecule has 1 fully saturated rings. The quantitative estimate of drug-likeness (QED) is 0.250. The summed E-state index contributed by atoms with van der Waals surface area (Å²) in [7, 11) is 1.63. The van der Waals surface area contributed by atoms with Gasteiger partial charge in [-0.05, 0) is 61.9 Å². The van der Waals surface area contributed by atoms with Gasteiger partial charge < -0.3 is 9.64 Å². The van der Waals surface area contributed by atoms with Crippen LogP contribution in [0.2, 0.25) is 0 Å². The minimum Gasteiger partial charge on any atom is -0.497 e. The van der Waals surface area contributed by atoms with Gasteiger partial charge in [-0.25, -0.2) is 4.98 Å². The maximum absolute atomic E-state index is 14.5. The number of fused-ring (bicyclic) bond motifs is 4. The van der Waals surface area contributed by atoms with Gasteiger partial charge >= 0.3 is 0 Å². The predicted octanol–water partition coefficient (Wildman–Crippen LogP) is 6.02. The van der Waals surface area contributed by atoms with E-state index in [2.05, 4.69) is 32.0 Å². The molecule has 6 nitrogen and oxygen atoms in total. The van der Waals surface area contributed by atoms with Crippen LogP contribution >= 0.6 is 11.8 Å². The number of amides is 1. The number of ether oxygens (including phenoxy) is 1. The maximum Gasteiger partial charge on any atom is 0.263 e. The average Bonchev–Trinajstić information content (AvgIpc) is 3.39. The van der Waals surface area contributed by atoms with E-state index in [0.29, 0.717) is 5.16 Å². The summed E-state index contributed by atoms with van der Waals surface area (Å²) in [5.74, 6) is 1.06. The first-order chi connectivity index (χ1) is 18.5. The van der Waals surface area contributed by atoms with Crippen LogP contribution in [0.3, 0.4) is 0 Å². The SMILES string of the molecule is CCCN(CCC)C(=O)CSc1nc2c(c(=O)n1-c1ccc(OC)cc1)C1(CCCC1)Cc1ccccc1-2. The second-order valence-corrected chi connectivity index (χ2v) is 11.4. The van der Waals surface area contributed by atoms with E-state index < -0.39 is 0 Å². The van der Waals surface area contributed by atoms with Crippen LogP contribution in [0.15, 0.2) is 58.5 Å². The van der Waals surface area contributed by atoms with Crippen LogP contribution in [-0.2, 0) is 16.6 Å². The van der Waals surface area contributed by atoms with Crippen molar-refractivity contribution in [3.63, 3.8) is 0 Å². The third kappa shape index (κ3) is 4.89. The van der Waals surface area contributed by atoms with Gasteiger partial charge in [-0.15, -0.1) is 0 Å². The van der Waals surface area contributed by atoms with Crippen molar-refractivity contribution in [2.75, 3.05) is 26.0 Å². The van der Waals surface area contributed by atoms with Crippen molar-refractivity contribution in [2.45, 2.75) is 69.4 Å². The Morgan fingerprint density at radius 2 is 1.74 bits per heavy atom. The second-order valence-electron chi connectivity index (χ2n) is 10.4. The number of benzene rings is 2. The third-order valence-electron chi connectivity index (χ3n) is 7.94. The van der Waals surface area contributed by atoms with Gasteiger partial charge in [0, 0.05) is 24.1 Å². The molecule has 1 spiro atoms. The zero-order valence-electron chi connectivity index (χ0n) is 22.7. The zero-order chi connectivity index (χ0) is 26.7. The Labute approximate surface area is 229 Å². The fourth-order valence-corrected chi connectivity index (χ4v) is 7.09. The lowest BCUT2D eigenvalue weighted by atomic mass is 9.68. The number of nitrogens with zero attached hydrogens (tertiary/aromatic N) is 3. The highest BCUT2D eigenvalue weighted by atomic mass is 32.2. The Hall–Kier alpha value is -3.06. The number of aromatic nitrogens is 2. The number of methoxy groups -OCH3 is 1. The lowest BCUT2D eigenvalue weighted by Gasteiger charge is -2.36. The van der Waals surface area contributed by atoms with E-state index in [9.17, 15) is 9.59 Å². The van der Waals surface area contributed by atoms with E-state index in [-0.39, 0.29) is 22.6 Å². The van der Waals surface area contributed by atoms with Crippen LogP contribution in [0, 0.1) is 0 Å². The average molecular weight is 532 g/mol. The lowest BCUT2D eigenvalue weighted by Crippen LogP contribution is -2.40. The van der Waals surface area contributed by atoms with E-state index in [1.807, 2.05) is 35.2 Å². The van der Waals surface area contributed by atoms with Crippen LogP contribution in [-0.4, -0.2) is 46.3 Å². The summed E-state index contributed by atoms with van der Waals surface area (Å²) in [6, 6.07) is 15.9. The van der Waals surface area contributed by atoms with E-state index in [1.165, 1.54) is 17.3 Å². The minimum absolute atomic E-state index is 0.00880. The van der Waals surface area contributed by atoms with Gasteiger partial charge in [0.05, 0.1) is 29.8 Å². The molecular weight excluding hydrogens is 494 g/mol. The van der Waals surface area contributed by atoms with Crippen molar-refractivity contribution in [2.24, 2.45) is 0 Å². The second kappa shape index (κ2) is 11.4. The summed E-state index contributed by atoms with van der Waals surface area (Å²) in [4.78, 5) is 34.8. The Kier molecular flexibility index (Phi) is 7.93. The zero-order valence-corrected chi connectivity index (χ0v) is 23.5. The Morgan fingerprint density at radius 1 is 1.05 bits per heavy atom. The monoisotopic (exact) mass is 531 g/mol. The summed E-state index contributed by atoms with van der Waals surface area (Å²) in [6.45, 7) is 5.66. The Morgan fingerprint density at radius 3 is 2.39 bits per heavy atom. The van der Waals surface area contributed by atoms with Crippen molar-refractivity contribution < 1.29 is 9.53 Å². The van der Waals surface area contributed by atoms with Gasteiger partial charge in [0.2, 0.25) is 5.91 Å². The standard InChI is InChI=1S/C31H37N3O3S/c1-4-18-33(19-5-2)26(35)21-38-30-32-28-25-11-7-6-10-22(25)20-31(16-8-9-17-31)27(28)29(36)34(30)23-12-14-24(37-3)15-13-23/h6-7,10-15H,4-5,8-9,16-21H2,1-3H3. The molecule has 1 saturated carbocycles. The van der Waals surface area contributed by atoms with Gasteiger partial charge in [-0.1, -0.05) is 62.7 Å². The molecule has 0 bridgehead atoms. The fourth-order valence-electron chi connectivity index (χ4n) is 6.19. The highest BCUT2D eigenvalue weighted by Crippen LogP contribution is 2.50. The van der Waals surface area contributed by atoms with Gasteiger partial charge in [0.15, 0.2) is 5.16 Å². The lowest BCUT2D eigenvalue weighted by molar-refractivity contribution is -0.128. The Bertz CT molecular complexity index is 1350. The number of hydrogen-bond donors (Lipinski definition) is 0. The summed E-state index contributed by atoms with van der Waals surface area (Å²) in [6.07, 6.45) is 6.97. The first-order valence-electron chi connectivity index (χ1n) is 13.8. The highest BCUT2D eigenvalue weighted by molar-refractivity contribution is 7.99. The van der Waals surface area contributed by atoms with Crippen molar-refractivity contribution in [1.82, 2.24) is 14.5 Å². The smallest absolute Gasteiger partial charge is 0.263 e. The molecule has 0 radical (unpaired) electrons. The van der Waals surface area contributed by atoms with Crippen molar-refractivity contribution in [3.05, 3.63) is 70.0 Å². The largest absolute Gasteiger partial charge is 0.497 e. The minimum atomic E-state index is -0.180. The van der Waals surface area contributed by atoms with Gasteiger partial charge in [0.1, 0.15) is 5.75 Å². The molecule has 200 valence electrons. The number of carbonyl (C=O) groups excluding carboxylic acids is 1. The molecule has 38 heavy (non-hydrogen) atoms. The van der Waals surface area contributed by atoms with E-state index >= 15 is 0 Å². The summed E-state index contributed by atoms with van der Waals surface area (Å²) in [5, 5.41) is 0.560. The molecule has 7 heteroatoms. The molecule has 0 N–H and O–H groups in total. The molecule has 2 aliphatic rings. The summed E-state index contributed by atoms with van der Waals surface area (Å²) < 4.78 is 7.09. The van der Waals surface area contributed by atoms with E-state index in [1.54, 1.807) is 11.7 Å². The molecule has 2 aliphatic carbocycles. The van der Waals surface area contributed by atoms with Crippen LogP contribution in [0.5, 0.6) is 5.75 Å². The predicted molar refractivity (Wildman–Crippen MR) is 154 cm³/mol. The first kappa shape index (κ1) is 26.5. The van der Waals surface area contributed by atoms with Crippen molar-refractivity contribution >= 4 is 17.7 Å². The molecule has 1 amide bonds. The number of hydrogen-bond acceptors (Lipinski definition) is 5. The van der Waals surface area contributed by atoms with Crippen LogP contribution in [0.25, 0.3) is 16.9 Å². The Balaban J connectivity index is 1.65. The van der Waals surface area contributed by atoms with Crippen LogP contribution < -0.4 is 10.3 Å². The van der Waals surface area contributed by atoms with E-state index in [0.717, 1.165) is 86.3 Å². The fraction of sp³-hybridized carbons (Fsp3) is 0.452. The molecule has 0 aliphatic heterocycles. The molecule has 0 unspecified atom stereocenters.